The summed E-state index contributed by atoms with van der Waals surface area (Å²) in [5.41, 5.74) is 6.12. The number of nitrogens with zero attached hydrogens (tertiary/aromatic N) is 3. The Hall–Kier alpha value is -2.54. The third-order valence-electron chi connectivity index (χ3n) is 3.03. The van der Waals surface area contributed by atoms with Crippen LogP contribution in [0.3, 0.4) is 0 Å². The second kappa shape index (κ2) is 4.86. The van der Waals surface area contributed by atoms with Gasteiger partial charge in [-0.25, -0.2) is 9.89 Å². The molecule has 0 saturated carbocycles. The fraction of sp³-hybridized carbons (Fsp3) is 0.231. The molecule has 0 saturated heterocycles. The highest BCUT2D eigenvalue weighted by Crippen LogP contribution is 2.26. The summed E-state index contributed by atoms with van der Waals surface area (Å²) in [6, 6.07) is 3.48. The minimum absolute atomic E-state index is 0.0700. The molecule has 0 fully saturated rings. The summed E-state index contributed by atoms with van der Waals surface area (Å²) >= 11 is 0. The predicted octanol–water partition coefficient (Wildman–Crippen LogP) is 0.274. The lowest BCUT2D eigenvalue weighted by Crippen LogP contribution is -2.36. The number of aliphatic imine (C=N–C) groups is 1. The first-order valence-electron chi connectivity index (χ1n) is 6.24. The van der Waals surface area contributed by atoms with Gasteiger partial charge >= 0.3 is 0 Å². The van der Waals surface area contributed by atoms with E-state index in [0.29, 0.717) is 30.5 Å². The number of carbonyl (C=O) groups excluding carboxylic acids is 1. The summed E-state index contributed by atoms with van der Waals surface area (Å²) in [5, 5.41) is 8.89. The molecule has 0 spiro atoms. The monoisotopic (exact) mass is 274 g/mol. The first-order valence-corrected chi connectivity index (χ1v) is 6.24. The Bertz CT molecular complexity index is 616. The van der Waals surface area contributed by atoms with Crippen LogP contribution in [0, 0.1) is 0 Å². The lowest BCUT2D eigenvalue weighted by molar-refractivity contribution is -0.121. The Balaban J connectivity index is 1.89. The molecule has 1 aromatic rings. The van der Waals surface area contributed by atoms with Crippen LogP contribution in [0.1, 0.15) is 12.2 Å². The lowest BCUT2D eigenvalue weighted by Gasteiger charge is -2.16. The third kappa shape index (κ3) is 1.97. The van der Waals surface area contributed by atoms with E-state index in [-0.39, 0.29) is 18.2 Å². The smallest absolute Gasteiger partial charge is 0.285 e. The van der Waals surface area contributed by atoms with E-state index in [1.165, 1.54) is 11.2 Å². The van der Waals surface area contributed by atoms with Crippen LogP contribution in [-0.2, 0) is 4.79 Å². The van der Waals surface area contributed by atoms with E-state index in [0.717, 1.165) is 0 Å². The van der Waals surface area contributed by atoms with Gasteiger partial charge in [-0.2, -0.15) is 0 Å². The van der Waals surface area contributed by atoms with Gasteiger partial charge in [0.1, 0.15) is 17.3 Å². The van der Waals surface area contributed by atoms with Crippen molar-refractivity contribution in [2.24, 2.45) is 10.7 Å². The lowest BCUT2D eigenvalue weighted by atomic mass is 10.3. The zero-order valence-electron chi connectivity index (χ0n) is 10.7. The summed E-state index contributed by atoms with van der Waals surface area (Å²) in [7, 11) is 0. The van der Waals surface area contributed by atoms with Crippen molar-refractivity contribution in [3.8, 4) is 0 Å². The Morgan fingerprint density at radius 1 is 1.50 bits per heavy atom. The van der Waals surface area contributed by atoms with E-state index in [2.05, 4.69) is 4.99 Å². The molecule has 0 aromatic carbocycles. The molecular weight excluding hydrogens is 260 g/mol. The van der Waals surface area contributed by atoms with E-state index < -0.39 is 0 Å². The molecule has 7 nitrogen and oxygen atoms in total. The van der Waals surface area contributed by atoms with Crippen molar-refractivity contribution >= 4 is 17.9 Å². The molecule has 1 amide bonds. The summed E-state index contributed by atoms with van der Waals surface area (Å²) in [6.45, 7) is 0.619. The van der Waals surface area contributed by atoms with Gasteiger partial charge in [0.15, 0.2) is 0 Å². The van der Waals surface area contributed by atoms with Gasteiger partial charge in [-0.05, 0) is 18.6 Å². The molecule has 0 atom stereocenters. The van der Waals surface area contributed by atoms with Gasteiger partial charge in [-0.1, -0.05) is 0 Å². The maximum Gasteiger partial charge on any atom is 0.285 e. The van der Waals surface area contributed by atoms with Crippen molar-refractivity contribution < 1.29 is 14.3 Å². The number of guanidine groups is 1. The number of fused-ring (bicyclic) bond motifs is 1. The molecule has 104 valence electrons. The number of aliphatic hydroxyl groups is 1. The van der Waals surface area contributed by atoms with Crippen LogP contribution in [0.25, 0.3) is 6.08 Å². The molecule has 2 aliphatic rings. The Morgan fingerprint density at radius 3 is 3.05 bits per heavy atom. The molecule has 2 aliphatic heterocycles. The molecule has 0 radical (unpaired) electrons. The highest BCUT2D eigenvalue weighted by atomic mass is 16.3. The Kier molecular flexibility index (Phi) is 3.03. The van der Waals surface area contributed by atoms with Crippen LogP contribution in [0.5, 0.6) is 0 Å². The van der Waals surface area contributed by atoms with Gasteiger partial charge in [0, 0.05) is 25.4 Å². The quantitative estimate of drug-likeness (QED) is 0.769. The average molecular weight is 274 g/mol. The van der Waals surface area contributed by atoms with E-state index in [4.69, 9.17) is 15.3 Å². The van der Waals surface area contributed by atoms with Gasteiger partial charge in [0.25, 0.3) is 5.91 Å². The SMILES string of the molecule is NC1=CN(CCCO)C2=NC(=Cc3ccco3)C(=O)N12. The highest BCUT2D eigenvalue weighted by molar-refractivity contribution is 6.16. The topological polar surface area (TPSA) is 95.3 Å². The first kappa shape index (κ1) is 12.5. The van der Waals surface area contributed by atoms with Crippen LogP contribution in [0.2, 0.25) is 0 Å². The van der Waals surface area contributed by atoms with Crippen LogP contribution in [0.4, 0.5) is 0 Å². The fourth-order valence-electron chi connectivity index (χ4n) is 2.12. The van der Waals surface area contributed by atoms with Crippen LogP contribution in [-0.4, -0.2) is 39.9 Å². The molecule has 1 aromatic heterocycles. The molecule has 0 aliphatic carbocycles. The zero-order chi connectivity index (χ0) is 14.1. The number of rotatable bonds is 4. The van der Waals surface area contributed by atoms with Crippen molar-refractivity contribution in [1.29, 1.82) is 0 Å². The van der Waals surface area contributed by atoms with Crippen molar-refractivity contribution in [2.45, 2.75) is 6.42 Å². The molecular formula is C13H14N4O3. The fourth-order valence-corrected chi connectivity index (χ4v) is 2.12. The highest BCUT2D eigenvalue weighted by Gasteiger charge is 2.39. The van der Waals surface area contributed by atoms with Crippen molar-refractivity contribution in [2.75, 3.05) is 13.2 Å². The van der Waals surface area contributed by atoms with Crippen molar-refractivity contribution in [1.82, 2.24) is 9.80 Å². The molecule has 3 heterocycles. The number of nitrogens with two attached hydrogens (primary N) is 1. The minimum atomic E-state index is -0.281. The van der Waals surface area contributed by atoms with Gasteiger partial charge in [-0.3, -0.25) is 4.79 Å². The molecule has 3 N–H and O–H groups in total. The maximum absolute atomic E-state index is 12.2. The van der Waals surface area contributed by atoms with E-state index in [9.17, 15) is 4.79 Å². The first-order chi connectivity index (χ1) is 9.70. The normalized spacial score (nSPS) is 19.6. The van der Waals surface area contributed by atoms with Gasteiger partial charge < -0.3 is 20.2 Å². The number of carbonyl (C=O) groups is 1. The van der Waals surface area contributed by atoms with Crippen molar-refractivity contribution in [3.63, 3.8) is 0 Å². The molecule has 3 rings (SSSR count). The summed E-state index contributed by atoms with van der Waals surface area (Å²) < 4.78 is 5.18. The Morgan fingerprint density at radius 2 is 2.35 bits per heavy atom. The molecule has 7 heteroatoms. The van der Waals surface area contributed by atoms with E-state index in [1.54, 1.807) is 29.3 Å². The number of amides is 1. The molecule has 0 unspecified atom stereocenters. The average Bonchev–Trinajstić information content (AvgIpc) is 3.10. The summed E-state index contributed by atoms with van der Waals surface area (Å²) in [4.78, 5) is 19.7. The molecule has 0 bridgehead atoms. The van der Waals surface area contributed by atoms with Crippen LogP contribution >= 0.6 is 0 Å². The number of hydrogen-bond acceptors (Lipinski definition) is 6. The standard InChI is InChI=1S/C13H14N4O3/c14-11-8-16(4-2-5-18)13-15-10(12(19)17(11)13)7-9-3-1-6-20-9/h1,3,6-8,18H,2,4-5,14H2. The van der Waals surface area contributed by atoms with Crippen LogP contribution in [0.15, 0.2) is 45.5 Å². The maximum atomic E-state index is 12.2. The zero-order valence-corrected chi connectivity index (χ0v) is 10.7. The number of aliphatic hydroxyl groups excluding tert-OH is 1. The second-order valence-electron chi connectivity index (χ2n) is 4.42. The van der Waals surface area contributed by atoms with E-state index >= 15 is 0 Å². The molecule has 20 heavy (non-hydrogen) atoms. The third-order valence-corrected chi connectivity index (χ3v) is 3.03. The number of furan rings is 1. The largest absolute Gasteiger partial charge is 0.465 e. The summed E-state index contributed by atoms with van der Waals surface area (Å²) in [5.74, 6) is 1.08. The van der Waals surface area contributed by atoms with Crippen LogP contribution < -0.4 is 5.73 Å². The summed E-state index contributed by atoms with van der Waals surface area (Å²) in [6.07, 6.45) is 5.32. The van der Waals surface area contributed by atoms with Gasteiger partial charge in [0.05, 0.1) is 6.26 Å². The number of hydrogen-bond donors (Lipinski definition) is 2. The van der Waals surface area contributed by atoms with E-state index in [1.807, 2.05) is 0 Å². The Labute approximate surface area is 115 Å². The van der Waals surface area contributed by atoms with Crippen molar-refractivity contribution in [3.05, 3.63) is 41.9 Å². The minimum Gasteiger partial charge on any atom is -0.465 e. The van der Waals surface area contributed by atoms with Gasteiger partial charge in [-0.15, -0.1) is 0 Å². The predicted molar refractivity (Wildman–Crippen MR) is 71.6 cm³/mol. The van der Waals surface area contributed by atoms with Gasteiger partial charge in [0.2, 0.25) is 5.96 Å². The second-order valence-corrected chi connectivity index (χ2v) is 4.42.